The normalized spacial score (nSPS) is 11.1. The summed E-state index contributed by atoms with van der Waals surface area (Å²) in [6, 6.07) is 4.16. The molecule has 6 nitrogen and oxygen atoms in total. The lowest BCUT2D eigenvalue weighted by molar-refractivity contribution is -0.385. The van der Waals surface area contributed by atoms with Crippen molar-refractivity contribution in [3.8, 4) is 5.75 Å². The largest absolute Gasteiger partial charge is 0.490 e. The Labute approximate surface area is 97.3 Å². The third-order valence-corrected chi connectivity index (χ3v) is 2.12. The number of hydrogen-bond acceptors (Lipinski definition) is 4. The number of hydrogen-bond donors (Lipinski definition) is 1. The second-order valence-corrected chi connectivity index (χ2v) is 3.32. The van der Waals surface area contributed by atoms with Crippen molar-refractivity contribution in [1.82, 2.24) is 0 Å². The van der Waals surface area contributed by atoms with Gasteiger partial charge in [-0.2, -0.15) is 0 Å². The predicted molar refractivity (Wildman–Crippen MR) is 60.9 cm³/mol. The molecule has 90 valence electrons. The maximum Gasteiger partial charge on any atom is 0.331 e. The Kier molecular flexibility index (Phi) is 3.82. The average molecular weight is 237 g/mol. The average Bonchev–Trinajstić information content (AvgIpc) is 2.28. The van der Waals surface area contributed by atoms with Gasteiger partial charge in [0.15, 0.2) is 5.75 Å². The Morgan fingerprint density at radius 3 is 2.65 bits per heavy atom. The summed E-state index contributed by atoms with van der Waals surface area (Å²) in [5, 5.41) is 19.3. The fourth-order valence-electron chi connectivity index (χ4n) is 1.25. The number of ether oxygens (including phenoxy) is 1. The van der Waals surface area contributed by atoms with Gasteiger partial charge in [0.2, 0.25) is 0 Å². The maximum atomic E-state index is 10.6. The van der Waals surface area contributed by atoms with E-state index in [1.807, 2.05) is 0 Å². The van der Waals surface area contributed by atoms with Gasteiger partial charge in [-0.05, 0) is 30.7 Å². The molecule has 0 unspecified atom stereocenters. The Hall–Kier alpha value is -2.37. The van der Waals surface area contributed by atoms with Crippen LogP contribution in [0.1, 0.15) is 12.5 Å². The fraction of sp³-hybridized carbons (Fsp3) is 0.182. The molecule has 0 heterocycles. The molecular formula is C11H11NO5. The summed E-state index contributed by atoms with van der Waals surface area (Å²) >= 11 is 0. The maximum absolute atomic E-state index is 10.6. The summed E-state index contributed by atoms with van der Waals surface area (Å²) in [6.07, 6.45) is 1.41. The first-order valence-corrected chi connectivity index (χ1v) is 4.69. The van der Waals surface area contributed by atoms with Crippen LogP contribution in [0.3, 0.4) is 0 Å². The highest BCUT2D eigenvalue weighted by atomic mass is 16.6. The third-order valence-electron chi connectivity index (χ3n) is 2.12. The minimum absolute atomic E-state index is 0.0990. The smallest absolute Gasteiger partial charge is 0.331 e. The van der Waals surface area contributed by atoms with Crippen LogP contribution in [-0.2, 0) is 4.79 Å². The molecule has 0 saturated carbocycles. The molecule has 0 fully saturated rings. The molecule has 0 aliphatic carbocycles. The van der Waals surface area contributed by atoms with E-state index in [-0.39, 0.29) is 17.0 Å². The zero-order chi connectivity index (χ0) is 13.0. The number of carbonyl (C=O) groups is 1. The van der Waals surface area contributed by atoms with E-state index < -0.39 is 10.9 Å². The summed E-state index contributed by atoms with van der Waals surface area (Å²) in [6.45, 7) is 1.44. The molecule has 1 N–H and O–H groups in total. The minimum atomic E-state index is -1.04. The molecule has 0 aliphatic heterocycles. The van der Waals surface area contributed by atoms with Crippen molar-refractivity contribution in [3.63, 3.8) is 0 Å². The number of nitrogens with zero attached hydrogens (tertiary/aromatic N) is 1. The van der Waals surface area contributed by atoms with Gasteiger partial charge in [-0.15, -0.1) is 0 Å². The molecule has 0 radical (unpaired) electrons. The van der Waals surface area contributed by atoms with E-state index in [4.69, 9.17) is 9.84 Å². The molecule has 17 heavy (non-hydrogen) atoms. The van der Waals surface area contributed by atoms with Crippen molar-refractivity contribution in [3.05, 3.63) is 39.4 Å². The Bertz CT molecular complexity index is 493. The molecule has 6 heteroatoms. The number of benzene rings is 1. The first-order chi connectivity index (χ1) is 7.95. The topological polar surface area (TPSA) is 89.7 Å². The molecule has 0 aromatic heterocycles. The molecule has 0 atom stereocenters. The number of aliphatic carboxylic acids is 1. The van der Waals surface area contributed by atoms with E-state index in [1.54, 1.807) is 0 Å². The summed E-state index contributed by atoms with van der Waals surface area (Å²) in [5.41, 5.74) is 0.519. The van der Waals surface area contributed by atoms with E-state index in [2.05, 4.69) is 0 Å². The number of rotatable bonds is 4. The molecule has 1 rings (SSSR count). The van der Waals surface area contributed by atoms with Crippen LogP contribution in [0, 0.1) is 10.1 Å². The Morgan fingerprint density at radius 2 is 2.18 bits per heavy atom. The molecule has 0 spiro atoms. The van der Waals surface area contributed by atoms with E-state index in [0.717, 1.165) is 0 Å². The van der Waals surface area contributed by atoms with Gasteiger partial charge in [-0.25, -0.2) is 4.79 Å². The van der Waals surface area contributed by atoms with Crippen LogP contribution in [0.5, 0.6) is 5.75 Å². The second-order valence-electron chi connectivity index (χ2n) is 3.32. The van der Waals surface area contributed by atoms with Crippen LogP contribution < -0.4 is 4.74 Å². The van der Waals surface area contributed by atoms with Crippen molar-refractivity contribution in [2.75, 3.05) is 7.11 Å². The third kappa shape index (κ3) is 3.04. The minimum Gasteiger partial charge on any atom is -0.490 e. The van der Waals surface area contributed by atoms with E-state index in [9.17, 15) is 14.9 Å². The summed E-state index contributed by atoms with van der Waals surface area (Å²) in [4.78, 5) is 20.7. The van der Waals surface area contributed by atoms with Crippen molar-refractivity contribution < 1.29 is 19.6 Å². The summed E-state index contributed by atoms with van der Waals surface area (Å²) in [5.74, 6) is -0.941. The molecule has 0 bridgehead atoms. The van der Waals surface area contributed by atoms with Gasteiger partial charge in [-0.3, -0.25) is 10.1 Å². The van der Waals surface area contributed by atoms with Crippen LogP contribution in [0.4, 0.5) is 5.69 Å². The molecule has 0 amide bonds. The number of nitro benzene ring substituents is 1. The lowest BCUT2D eigenvalue weighted by atomic mass is 10.1. The molecule has 0 aliphatic rings. The lowest BCUT2D eigenvalue weighted by Gasteiger charge is -2.03. The monoisotopic (exact) mass is 237 g/mol. The first-order valence-electron chi connectivity index (χ1n) is 4.69. The Morgan fingerprint density at radius 1 is 1.53 bits per heavy atom. The lowest BCUT2D eigenvalue weighted by Crippen LogP contribution is -1.96. The van der Waals surface area contributed by atoms with Crippen molar-refractivity contribution in [2.45, 2.75) is 6.92 Å². The second kappa shape index (κ2) is 5.11. The number of carboxylic acids is 1. The number of carboxylic acid groups (broad SMARTS) is 1. The Balaban J connectivity index is 3.19. The van der Waals surface area contributed by atoms with E-state index >= 15 is 0 Å². The zero-order valence-electron chi connectivity index (χ0n) is 9.34. The summed E-state index contributed by atoms with van der Waals surface area (Å²) < 4.78 is 4.87. The first kappa shape index (κ1) is 12.7. The summed E-state index contributed by atoms with van der Waals surface area (Å²) in [7, 11) is 1.32. The van der Waals surface area contributed by atoms with E-state index in [1.165, 1.54) is 38.3 Å². The van der Waals surface area contributed by atoms with Crippen LogP contribution >= 0.6 is 0 Å². The van der Waals surface area contributed by atoms with Gasteiger partial charge in [0.25, 0.3) is 0 Å². The SMILES string of the molecule is COc1cc(/C=C(\C)C(=O)O)ccc1[N+](=O)[O-]. The zero-order valence-corrected chi connectivity index (χ0v) is 9.34. The van der Waals surface area contributed by atoms with Crippen molar-refractivity contribution >= 4 is 17.7 Å². The van der Waals surface area contributed by atoms with Crippen LogP contribution in [-0.4, -0.2) is 23.1 Å². The quantitative estimate of drug-likeness (QED) is 0.492. The van der Waals surface area contributed by atoms with Crippen molar-refractivity contribution in [1.29, 1.82) is 0 Å². The van der Waals surface area contributed by atoms with Gasteiger partial charge >= 0.3 is 11.7 Å². The highest BCUT2D eigenvalue weighted by molar-refractivity contribution is 5.91. The number of nitro groups is 1. The molecule has 1 aromatic rings. The van der Waals surface area contributed by atoms with Crippen LogP contribution in [0.2, 0.25) is 0 Å². The van der Waals surface area contributed by atoms with Gasteiger partial charge in [0.1, 0.15) is 0 Å². The van der Waals surface area contributed by atoms with Gasteiger partial charge in [-0.1, -0.05) is 0 Å². The van der Waals surface area contributed by atoms with Crippen LogP contribution in [0.25, 0.3) is 6.08 Å². The van der Waals surface area contributed by atoms with Crippen LogP contribution in [0.15, 0.2) is 23.8 Å². The van der Waals surface area contributed by atoms with Gasteiger partial charge in [0.05, 0.1) is 12.0 Å². The van der Waals surface area contributed by atoms with Gasteiger partial charge < -0.3 is 9.84 Å². The molecule has 0 saturated heterocycles. The fourth-order valence-corrected chi connectivity index (χ4v) is 1.25. The predicted octanol–water partition coefficient (Wildman–Crippen LogP) is 2.09. The van der Waals surface area contributed by atoms with E-state index in [0.29, 0.717) is 5.56 Å². The molecule has 1 aromatic carbocycles. The van der Waals surface area contributed by atoms with Gasteiger partial charge in [0, 0.05) is 11.6 Å². The highest BCUT2D eigenvalue weighted by Crippen LogP contribution is 2.28. The highest BCUT2D eigenvalue weighted by Gasteiger charge is 2.14. The standard InChI is InChI=1S/C11H11NO5/c1-7(11(13)14)5-8-3-4-9(12(15)16)10(6-8)17-2/h3-6H,1-2H3,(H,13,14)/b7-5+. The van der Waals surface area contributed by atoms with Crippen molar-refractivity contribution in [2.24, 2.45) is 0 Å². The molecular weight excluding hydrogens is 226 g/mol. The number of methoxy groups -OCH3 is 1.